The van der Waals surface area contributed by atoms with Crippen molar-refractivity contribution in [1.82, 2.24) is 9.88 Å². The molecule has 0 bridgehead atoms. The molecule has 3 aliphatic heterocycles. The molecule has 2 saturated heterocycles. The van der Waals surface area contributed by atoms with Crippen molar-refractivity contribution in [1.29, 1.82) is 0 Å². The Morgan fingerprint density at radius 3 is 2.87 bits per heavy atom. The lowest BCUT2D eigenvalue weighted by Gasteiger charge is -2.19. The van der Waals surface area contributed by atoms with Gasteiger partial charge in [0.15, 0.2) is 0 Å². The maximum atomic E-state index is 6.22. The van der Waals surface area contributed by atoms with Crippen LogP contribution in [0.1, 0.15) is 62.3 Å². The van der Waals surface area contributed by atoms with E-state index in [4.69, 9.17) is 14.5 Å². The lowest BCUT2D eigenvalue weighted by atomic mass is 9.92. The Balaban J connectivity index is 1.42. The van der Waals surface area contributed by atoms with Crippen molar-refractivity contribution in [3.05, 3.63) is 29.0 Å². The topological polar surface area (TPSA) is 46.6 Å². The lowest BCUT2D eigenvalue weighted by molar-refractivity contribution is 0.193. The Hall–Kier alpha value is -1.85. The van der Waals surface area contributed by atoms with Crippen LogP contribution in [0, 0.1) is 6.92 Å². The van der Waals surface area contributed by atoms with E-state index in [1.54, 1.807) is 0 Å². The fourth-order valence-electron chi connectivity index (χ4n) is 5.32. The van der Waals surface area contributed by atoms with Crippen molar-refractivity contribution in [2.45, 2.75) is 64.3 Å². The molecule has 0 radical (unpaired) electrons. The van der Waals surface area contributed by atoms with Gasteiger partial charge in [0.2, 0.25) is 0 Å². The first-order valence-electron chi connectivity index (χ1n) is 11.7. The van der Waals surface area contributed by atoms with Gasteiger partial charge < -0.3 is 19.7 Å². The van der Waals surface area contributed by atoms with Gasteiger partial charge in [-0.05, 0) is 77.6 Å². The molecule has 1 aromatic heterocycles. The molecule has 2 aromatic rings. The van der Waals surface area contributed by atoms with Crippen molar-refractivity contribution in [2.24, 2.45) is 0 Å². The molecule has 1 N–H and O–H groups in total. The molecule has 5 rings (SSSR count). The first-order chi connectivity index (χ1) is 14.5. The van der Waals surface area contributed by atoms with Crippen LogP contribution in [0.3, 0.4) is 0 Å². The highest BCUT2D eigenvalue weighted by Gasteiger charge is 2.35. The summed E-state index contributed by atoms with van der Waals surface area (Å²) in [5.74, 6) is 1.38. The lowest BCUT2D eigenvalue weighted by Crippen LogP contribution is -2.27. The Kier molecular flexibility index (Phi) is 5.36. The Morgan fingerprint density at radius 1 is 1.27 bits per heavy atom. The number of aryl methyl sites for hydroxylation is 1. The largest absolute Gasteiger partial charge is 0.493 e. The second-order valence-corrected chi connectivity index (χ2v) is 9.98. The molecule has 4 heterocycles. The van der Waals surface area contributed by atoms with Crippen molar-refractivity contribution in [2.75, 3.05) is 44.8 Å². The van der Waals surface area contributed by atoms with E-state index in [2.05, 4.69) is 43.1 Å². The summed E-state index contributed by atoms with van der Waals surface area (Å²) < 4.78 is 11.9. The third kappa shape index (κ3) is 3.90. The maximum absolute atomic E-state index is 6.22. The minimum Gasteiger partial charge on any atom is -0.493 e. The van der Waals surface area contributed by atoms with Crippen molar-refractivity contribution < 1.29 is 9.47 Å². The first kappa shape index (κ1) is 20.1. The highest BCUT2D eigenvalue weighted by atomic mass is 16.5. The number of fused-ring (bicyclic) bond motifs is 3. The summed E-state index contributed by atoms with van der Waals surface area (Å²) in [6, 6.07) is 4.42. The molecule has 0 aliphatic carbocycles. The van der Waals surface area contributed by atoms with E-state index in [0.717, 1.165) is 56.9 Å². The molecular weight excluding hydrogens is 374 g/mol. The SMILES string of the molecule is Cc1cc2c3c(c(C4CCOC4)nc2cc1OCCCN1CCCC1)CC(C)(C)N3. The van der Waals surface area contributed by atoms with E-state index in [1.807, 2.05) is 0 Å². The Labute approximate surface area is 180 Å². The average Bonchev–Trinajstić information content (AvgIpc) is 3.45. The smallest absolute Gasteiger partial charge is 0.124 e. The van der Waals surface area contributed by atoms with Crippen LogP contribution in [-0.4, -0.2) is 54.9 Å². The van der Waals surface area contributed by atoms with Gasteiger partial charge in [0.1, 0.15) is 5.75 Å². The molecule has 0 amide bonds. The van der Waals surface area contributed by atoms with Crippen LogP contribution < -0.4 is 10.1 Å². The number of hydrogen-bond donors (Lipinski definition) is 1. The van der Waals surface area contributed by atoms with Gasteiger partial charge in [-0.1, -0.05) is 0 Å². The van der Waals surface area contributed by atoms with Crippen LogP contribution >= 0.6 is 0 Å². The molecule has 1 atom stereocenters. The third-order valence-electron chi connectivity index (χ3n) is 6.89. The van der Waals surface area contributed by atoms with Crippen molar-refractivity contribution in [3.8, 4) is 5.75 Å². The zero-order chi connectivity index (χ0) is 20.7. The minimum absolute atomic E-state index is 0.0607. The van der Waals surface area contributed by atoms with Crippen molar-refractivity contribution in [3.63, 3.8) is 0 Å². The molecule has 1 unspecified atom stereocenters. The molecule has 0 spiro atoms. The fraction of sp³-hybridized carbons (Fsp3) is 0.640. The molecule has 2 fully saturated rings. The number of nitrogens with zero attached hydrogens (tertiary/aromatic N) is 2. The van der Waals surface area contributed by atoms with Crippen LogP contribution in [0.5, 0.6) is 5.75 Å². The summed E-state index contributed by atoms with van der Waals surface area (Å²) in [6.07, 6.45) is 5.86. The summed E-state index contributed by atoms with van der Waals surface area (Å²) >= 11 is 0. The summed E-state index contributed by atoms with van der Waals surface area (Å²) in [6.45, 7) is 12.7. The number of aromatic nitrogens is 1. The molecule has 1 aromatic carbocycles. The van der Waals surface area contributed by atoms with E-state index >= 15 is 0 Å². The molecule has 5 nitrogen and oxygen atoms in total. The second kappa shape index (κ2) is 8.01. The van der Waals surface area contributed by atoms with Gasteiger partial charge in [0, 0.05) is 47.3 Å². The van der Waals surface area contributed by atoms with Gasteiger partial charge in [0.25, 0.3) is 0 Å². The van der Waals surface area contributed by atoms with Crippen LogP contribution in [0.25, 0.3) is 10.9 Å². The number of nitrogens with one attached hydrogen (secondary N) is 1. The van der Waals surface area contributed by atoms with E-state index in [0.29, 0.717) is 5.92 Å². The number of likely N-dealkylation sites (tertiary alicyclic amines) is 1. The van der Waals surface area contributed by atoms with Gasteiger partial charge in [-0.25, -0.2) is 0 Å². The van der Waals surface area contributed by atoms with Crippen LogP contribution in [0.2, 0.25) is 0 Å². The third-order valence-corrected chi connectivity index (χ3v) is 6.89. The molecular formula is C25H35N3O2. The highest BCUT2D eigenvalue weighted by molar-refractivity contribution is 5.96. The van der Waals surface area contributed by atoms with E-state index in [9.17, 15) is 0 Å². The van der Waals surface area contributed by atoms with Gasteiger partial charge in [-0.2, -0.15) is 0 Å². The van der Waals surface area contributed by atoms with E-state index in [1.165, 1.54) is 53.8 Å². The Bertz CT molecular complexity index is 928. The minimum atomic E-state index is 0.0607. The number of hydrogen-bond acceptors (Lipinski definition) is 5. The summed E-state index contributed by atoms with van der Waals surface area (Å²) in [7, 11) is 0. The zero-order valence-corrected chi connectivity index (χ0v) is 18.7. The standard InChI is InChI=1S/C25H35N3O2/c1-17-13-19-21(14-22(17)30-11-6-10-28-8-4-5-9-28)26-23(18-7-12-29-16-18)20-15-25(2,3)27-24(19)20/h13-14,18,27H,4-12,15-16H2,1-3H3. The van der Waals surface area contributed by atoms with Crippen LogP contribution in [0.4, 0.5) is 5.69 Å². The van der Waals surface area contributed by atoms with Gasteiger partial charge in [-0.15, -0.1) is 0 Å². The zero-order valence-electron chi connectivity index (χ0n) is 18.7. The fourth-order valence-corrected chi connectivity index (χ4v) is 5.32. The van der Waals surface area contributed by atoms with Gasteiger partial charge >= 0.3 is 0 Å². The summed E-state index contributed by atoms with van der Waals surface area (Å²) in [5, 5.41) is 5.01. The second-order valence-electron chi connectivity index (χ2n) is 9.98. The van der Waals surface area contributed by atoms with E-state index in [-0.39, 0.29) is 5.54 Å². The molecule has 3 aliphatic rings. The maximum Gasteiger partial charge on any atom is 0.124 e. The molecule has 30 heavy (non-hydrogen) atoms. The normalized spacial score (nSPS) is 23.1. The average molecular weight is 410 g/mol. The number of anilines is 1. The van der Waals surface area contributed by atoms with E-state index < -0.39 is 0 Å². The van der Waals surface area contributed by atoms with Crippen LogP contribution in [-0.2, 0) is 11.2 Å². The molecule has 0 saturated carbocycles. The molecule has 5 heteroatoms. The quantitative estimate of drug-likeness (QED) is 0.703. The molecule has 162 valence electrons. The number of ether oxygens (including phenoxy) is 2. The first-order valence-corrected chi connectivity index (χ1v) is 11.7. The van der Waals surface area contributed by atoms with Gasteiger partial charge in [-0.3, -0.25) is 4.98 Å². The monoisotopic (exact) mass is 409 g/mol. The number of rotatable bonds is 6. The predicted octanol–water partition coefficient (Wildman–Crippen LogP) is 4.66. The predicted molar refractivity (Wildman–Crippen MR) is 122 cm³/mol. The Morgan fingerprint density at radius 2 is 2.10 bits per heavy atom. The van der Waals surface area contributed by atoms with Crippen molar-refractivity contribution >= 4 is 16.6 Å². The summed E-state index contributed by atoms with van der Waals surface area (Å²) in [5.41, 5.74) is 6.19. The summed E-state index contributed by atoms with van der Waals surface area (Å²) in [4.78, 5) is 7.73. The number of benzene rings is 1. The number of pyridine rings is 1. The van der Waals surface area contributed by atoms with Gasteiger partial charge in [0.05, 0.1) is 24.4 Å². The highest BCUT2D eigenvalue weighted by Crippen LogP contribution is 2.43. The van der Waals surface area contributed by atoms with Crippen LogP contribution in [0.15, 0.2) is 12.1 Å².